The molecule has 4 rings (SSSR count). The number of piperazine rings is 1. The minimum Gasteiger partial charge on any atom is -0.508 e. The third-order valence-corrected chi connectivity index (χ3v) is 5.71. The predicted octanol–water partition coefficient (Wildman–Crippen LogP) is 4.48. The van der Waals surface area contributed by atoms with E-state index >= 15 is 0 Å². The summed E-state index contributed by atoms with van der Waals surface area (Å²) in [5.41, 5.74) is 4.53. The molecule has 1 saturated heterocycles. The van der Waals surface area contributed by atoms with E-state index in [-0.39, 0.29) is 5.75 Å². The molecule has 0 atom stereocenters. The molecule has 0 radical (unpaired) electrons. The second kappa shape index (κ2) is 9.75. The van der Waals surface area contributed by atoms with E-state index in [1.54, 1.807) is 24.3 Å². The Hall–Kier alpha value is -3.51. The van der Waals surface area contributed by atoms with Crippen LogP contribution in [0.15, 0.2) is 66.7 Å². The molecule has 0 unspecified atom stereocenters. The van der Waals surface area contributed by atoms with Crippen LogP contribution < -0.4 is 9.64 Å². The van der Waals surface area contributed by atoms with Gasteiger partial charge >= 0.3 is 5.97 Å². The van der Waals surface area contributed by atoms with Gasteiger partial charge in [0.15, 0.2) is 0 Å². The van der Waals surface area contributed by atoms with Gasteiger partial charge in [-0.15, -0.1) is 0 Å². The molecule has 0 aliphatic carbocycles. The van der Waals surface area contributed by atoms with Gasteiger partial charge in [0, 0.05) is 38.4 Å². The molecule has 0 amide bonds. The molecule has 1 aliphatic heterocycles. The van der Waals surface area contributed by atoms with Crippen molar-refractivity contribution in [1.82, 2.24) is 4.90 Å². The second-order valence-electron chi connectivity index (χ2n) is 7.96. The molecular weight excluding hydrogens is 404 g/mol. The minimum absolute atomic E-state index is 0.248. The van der Waals surface area contributed by atoms with Gasteiger partial charge in [-0.1, -0.05) is 12.1 Å². The van der Waals surface area contributed by atoms with Crippen LogP contribution in [0.5, 0.6) is 11.5 Å². The minimum atomic E-state index is -0.902. The average molecular weight is 433 g/mol. The third kappa shape index (κ3) is 5.21. The van der Waals surface area contributed by atoms with E-state index in [9.17, 15) is 9.90 Å². The monoisotopic (exact) mass is 432 g/mol. The number of hydrogen-bond acceptors (Lipinski definition) is 5. The highest BCUT2D eigenvalue weighted by Gasteiger charge is 2.18. The van der Waals surface area contributed by atoms with Gasteiger partial charge < -0.3 is 19.8 Å². The van der Waals surface area contributed by atoms with Crippen molar-refractivity contribution in [2.75, 3.05) is 37.7 Å². The van der Waals surface area contributed by atoms with E-state index in [1.165, 1.54) is 5.56 Å². The fourth-order valence-corrected chi connectivity index (χ4v) is 4.09. The maximum atomic E-state index is 11.1. The van der Waals surface area contributed by atoms with Crippen LogP contribution in [0.3, 0.4) is 0 Å². The highest BCUT2D eigenvalue weighted by atomic mass is 16.5. The zero-order valence-electron chi connectivity index (χ0n) is 18.2. The molecule has 1 heterocycles. The molecule has 3 aromatic carbocycles. The van der Waals surface area contributed by atoms with Gasteiger partial charge in [0.05, 0.1) is 12.2 Å². The van der Waals surface area contributed by atoms with Crippen LogP contribution in [0.2, 0.25) is 0 Å². The van der Waals surface area contributed by atoms with Crippen molar-refractivity contribution in [1.29, 1.82) is 0 Å². The van der Waals surface area contributed by atoms with Crippen LogP contribution in [-0.4, -0.2) is 53.9 Å². The largest absolute Gasteiger partial charge is 0.508 e. The molecule has 0 bridgehead atoms. The zero-order chi connectivity index (χ0) is 22.5. The molecule has 3 aromatic rings. The Labute approximate surface area is 188 Å². The molecule has 0 saturated carbocycles. The Morgan fingerprint density at radius 3 is 2.34 bits per heavy atom. The number of benzene rings is 3. The number of phenolic OH excluding ortho intramolecular Hbond substituents is 1. The van der Waals surface area contributed by atoms with Crippen molar-refractivity contribution in [2.24, 2.45) is 0 Å². The Kier molecular flexibility index (Phi) is 6.61. The van der Waals surface area contributed by atoms with E-state index in [0.29, 0.717) is 12.2 Å². The summed E-state index contributed by atoms with van der Waals surface area (Å²) >= 11 is 0. The van der Waals surface area contributed by atoms with E-state index in [2.05, 4.69) is 21.9 Å². The van der Waals surface area contributed by atoms with E-state index < -0.39 is 5.97 Å². The number of nitrogens with zero attached hydrogens (tertiary/aromatic N) is 2. The summed E-state index contributed by atoms with van der Waals surface area (Å²) in [5, 5.41) is 18.9. The Morgan fingerprint density at radius 2 is 1.69 bits per heavy atom. The van der Waals surface area contributed by atoms with Gasteiger partial charge in [0.1, 0.15) is 11.5 Å². The number of aromatic carboxylic acids is 1. The quantitative estimate of drug-likeness (QED) is 0.574. The lowest BCUT2D eigenvalue weighted by molar-refractivity contribution is 0.0697. The van der Waals surface area contributed by atoms with Gasteiger partial charge in [-0.3, -0.25) is 4.90 Å². The Bertz CT molecular complexity index is 1070. The first-order valence-electron chi connectivity index (χ1n) is 10.9. The molecular formula is C26H28N2O4. The van der Waals surface area contributed by atoms with E-state index in [0.717, 1.165) is 55.3 Å². The molecule has 1 aliphatic rings. The van der Waals surface area contributed by atoms with Crippen LogP contribution in [0, 0.1) is 0 Å². The van der Waals surface area contributed by atoms with Gasteiger partial charge in [-0.25, -0.2) is 4.79 Å². The fourth-order valence-electron chi connectivity index (χ4n) is 4.09. The molecule has 32 heavy (non-hydrogen) atoms. The summed E-state index contributed by atoms with van der Waals surface area (Å²) in [6.45, 7) is 7.00. The normalized spacial score (nSPS) is 14.3. The number of rotatable bonds is 7. The van der Waals surface area contributed by atoms with Crippen molar-refractivity contribution in [3.05, 3.63) is 77.9 Å². The number of carbonyl (C=O) groups is 1. The third-order valence-electron chi connectivity index (χ3n) is 5.71. The van der Waals surface area contributed by atoms with Gasteiger partial charge in [-0.2, -0.15) is 0 Å². The maximum absolute atomic E-state index is 11.1. The summed E-state index contributed by atoms with van der Waals surface area (Å²) < 4.78 is 5.80. The van der Waals surface area contributed by atoms with Gasteiger partial charge in [0.25, 0.3) is 0 Å². The molecule has 6 nitrogen and oxygen atoms in total. The molecule has 6 heteroatoms. The lowest BCUT2D eigenvalue weighted by Gasteiger charge is -2.36. The fraction of sp³-hybridized carbons (Fsp3) is 0.269. The van der Waals surface area contributed by atoms with E-state index in [1.807, 2.05) is 37.3 Å². The van der Waals surface area contributed by atoms with Crippen molar-refractivity contribution >= 4 is 11.7 Å². The maximum Gasteiger partial charge on any atom is 0.335 e. The van der Waals surface area contributed by atoms with E-state index in [4.69, 9.17) is 9.84 Å². The highest BCUT2D eigenvalue weighted by molar-refractivity contribution is 5.88. The predicted molar refractivity (Wildman–Crippen MR) is 126 cm³/mol. The number of hydrogen-bond donors (Lipinski definition) is 2. The number of carboxylic acids is 1. The summed E-state index contributed by atoms with van der Waals surface area (Å²) in [6.07, 6.45) is 0. The van der Waals surface area contributed by atoms with Crippen LogP contribution in [0.4, 0.5) is 5.69 Å². The number of ether oxygens (including phenoxy) is 1. The summed E-state index contributed by atoms with van der Waals surface area (Å²) in [7, 11) is 0. The molecule has 166 valence electrons. The standard InChI is InChI=1S/C26H28N2O4/c1-2-32-25-15-19(14-22(17-25)21-4-3-5-24(29)16-21)18-27-10-12-28(13-11-27)23-8-6-20(7-9-23)26(30)31/h3-9,14-17,29H,2,10-13,18H2,1H3,(H,30,31). The van der Waals surface area contributed by atoms with Crippen molar-refractivity contribution in [3.63, 3.8) is 0 Å². The molecule has 1 fully saturated rings. The lowest BCUT2D eigenvalue weighted by Crippen LogP contribution is -2.45. The number of anilines is 1. The second-order valence-corrected chi connectivity index (χ2v) is 7.96. The number of phenols is 1. The Balaban J connectivity index is 1.44. The van der Waals surface area contributed by atoms with Crippen LogP contribution in [-0.2, 0) is 6.54 Å². The summed E-state index contributed by atoms with van der Waals surface area (Å²) in [5.74, 6) is 0.180. The first-order valence-corrected chi connectivity index (χ1v) is 10.9. The first-order chi connectivity index (χ1) is 15.5. The lowest BCUT2D eigenvalue weighted by atomic mass is 10.0. The molecule has 2 N–H and O–H groups in total. The average Bonchev–Trinajstić information content (AvgIpc) is 2.80. The Morgan fingerprint density at radius 1 is 0.938 bits per heavy atom. The van der Waals surface area contributed by atoms with Crippen LogP contribution in [0.25, 0.3) is 11.1 Å². The first kappa shape index (κ1) is 21.7. The van der Waals surface area contributed by atoms with Crippen molar-refractivity contribution < 1.29 is 19.7 Å². The number of carboxylic acid groups (broad SMARTS) is 1. The SMILES string of the molecule is CCOc1cc(CN2CCN(c3ccc(C(=O)O)cc3)CC2)cc(-c2cccc(O)c2)c1. The number of aromatic hydroxyl groups is 1. The summed E-state index contributed by atoms with van der Waals surface area (Å²) in [4.78, 5) is 15.8. The van der Waals surface area contributed by atoms with Crippen molar-refractivity contribution in [2.45, 2.75) is 13.5 Å². The zero-order valence-corrected chi connectivity index (χ0v) is 18.2. The molecule has 0 aromatic heterocycles. The summed E-state index contributed by atoms with van der Waals surface area (Å²) in [6, 6.07) is 20.6. The van der Waals surface area contributed by atoms with Crippen molar-refractivity contribution in [3.8, 4) is 22.6 Å². The highest BCUT2D eigenvalue weighted by Crippen LogP contribution is 2.29. The van der Waals surface area contributed by atoms with Crippen LogP contribution in [0.1, 0.15) is 22.8 Å². The van der Waals surface area contributed by atoms with Crippen LogP contribution >= 0.6 is 0 Å². The molecule has 0 spiro atoms. The van der Waals surface area contributed by atoms with Gasteiger partial charge in [0.2, 0.25) is 0 Å². The topological polar surface area (TPSA) is 73.2 Å². The van der Waals surface area contributed by atoms with Gasteiger partial charge in [-0.05, 0) is 78.2 Å². The smallest absolute Gasteiger partial charge is 0.335 e.